The van der Waals surface area contributed by atoms with E-state index in [9.17, 15) is 5.11 Å². The molecule has 0 aliphatic heterocycles. The van der Waals surface area contributed by atoms with Crippen molar-refractivity contribution in [3.05, 3.63) is 87.9 Å². The van der Waals surface area contributed by atoms with E-state index in [-0.39, 0.29) is 19.0 Å². The summed E-state index contributed by atoms with van der Waals surface area (Å²) in [4.78, 5) is 0. The summed E-state index contributed by atoms with van der Waals surface area (Å²) in [6.45, 7) is 0.502. The van der Waals surface area contributed by atoms with Crippen LogP contribution in [0.3, 0.4) is 0 Å². The first-order valence-corrected chi connectivity index (χ1v) is 8.45. The number of hydrogen-bond donors (Lipinski definition) is 1. The van der Waals surface area contributed by atoms with Crippen molar-refractivity contribution >= 4 is 23.2 Å². The summed E-state index contributed by atoms with van der Waals surface area (Å²) in [6, 6.07) is 19.9. The first-order chi connectivity index (χ1) is 12.1. The summed E-state index contributed by atoms with van der Waals surface area (Å²) < 4.78 is 11.4. The molecule has 128 valence electrons. The van der Waals surface area contributed by atoms with Gasteiger partial charge in [0.2, 0.25) is 5.75 Å². The van der Waals surface area contributed by atoms with Gasteiger partial charge in [0.25, 0.3) is 0 Å². The molecule has 0 atom stereocenters. The van der Waals surface area contributed by atoms with Crippen LogP contribution >= 0.6 is 23.2 Å². The molecule has 0 aliphatic rings. The van der Waals surface area contributed by atoms with Crippen LogP contribution in [0.25, 0.3) is 0 Å². The number of hydrogen-bond acceptors (Lipinski definition) is 3. The number of aromatic hydroxyl groups is 1. The molecular formula is C20H16Cl2O3. The van der Waals surface area contributed by atoms with Gasteiger partial charge in [0.05, 0.1) is 0 Å². The first kappa shape index (κ1) is 17.5. The molecular weight excluding hydrogens is 359 g/mol. The standard InChI is InChI=1S/C20H16Cl2O3/c21-16-8-3-1-6-14(16)12-24-18-10-5-11-19(20(18)23)25-13-15-7-2-4-9-17(15)22/h1-11,23H,12-13H2. The number of halogens is 2. The Morgan fingerprint density at radius 1 is 0.640 bits per heavy atom. The maximum atomic E-state index is 10.4. The Bertz CT molecular complexity index is 797. The molecule has 3 aromatic rings. The van der Waals surface area contributed by atoms with Gasteiger partial charge in [-0.25, -0.2) is 0 Å². The van der Waals surface area contributed by atoms with Gasteiger partial charge >= 0.3 is 0 Å². The number of phenolic OH excluding ortho intramolecular Hbond substituents is 1. The monoisotopic (exact) mass is 374 g/mol. The van der Waals surface area contributed by atoms with Crippen molar-refractivity contribution in [1.82, 2.24) is 0 Å². The summed E-state index contributed by atoms with van der Waals surface area (Å²) in [5, 5.41) is 11.6. The van der Waals surface area contributed by atoms with Crippen LogP contribution in [-0.2, 0) is 13.2 Å². The van der Waals surface area contributed by atoms with Gasteiger partial charge in [0.1, 0.15) is 13.2 Å². The van der Waals surface area contributed by atoms with Gasteiger partial charge in [-0.2, -0.15) is 0 Å². The number of rotatable bonds is 6. The van der Waals surface area contributed by atoms with E-state index >= 15 is 0 Å². The molecule has 1 N–H and O–H groups in total. The topological polar surface area (TPSA) is 38.7 Å². The van der Waals surface area contributed by atoms with Crippen LogP contribution in [0.5, 0.6) is 17.2 Å². The molecule has 0 heterocycles. The van der Waals surface area contributed by atoms with E-state index in [1.54, 1.807) is 30.3 Å². The molecule has 0 spiro atoms. The van der Waals surface area contributed by atoms with Gasteiger partial charge in [-0.1, -0.05) is 65.7 Å². The average molecular weight is 375 g/mol. The molecule has 0 unspecified atom stereocenters. The highest BCUT2D eigenvalue weighted by Crippen LogP contribution is 2.37. The first-order valence-electron chi connectivity index (χ1n) is 7.69. The molecule has 5 heteroatoms. The van der Waals surface area contributed by atoms with E-state index in [1.165, 1.54) is 0 Å². The molecule has 0 aliphatic carbocycles. The summed E-state index contributed by atoms with van der Waals surface area (Å²) in [6.07, 6.45) is 0. The molecule has 0 saturated heterocycles. The second kappa shape index (κ2) is 8.15. The van der Waals surface area contributed by atoms with Gasteiger partial charge in [-0.3, -0.25) is 0 Å². The van der Waals surface area contributed by atoms with E-state index in [1.807, 2.05) is 36.4 Å². The van der Waals surface area contributed by atoms with E-state index in [2.05, 4.69) is 0 Å². The highest BCUT2D eigenvalue weighted by molar-refractivity contribution is 6.31. The normalized spacial score (nSPS) is 10.5. The Hall–Kier alpha value is -2.36. The molecule has 0 radical (unpaired) electrons. The molecule has 0 fully saturated rings. The van der Waals surface area contributed by atoms with E-state index in [0.717, 1.165) is 11.1 Å². The van der Waals surface area contributed by atoms with Gasteiger partial charge in [0.15, 0.2) is 11.5 Å². The molecule has 3 rings (SSSR count). The van der Waals surface area contributed by atoms with Gasteiger partial charge < -0.3 is 14.6 Å². The lowest BCUT2D eigenvalue weighted by Crippen LogP contribution is -1.99. The molecule has 25 heavy (non-hydrogen) atoms. The van der Waals surface area contributed by atoms with Crippen molar-refractivity contribution in [3.8, 4) is 17.2 Å². The van der Waals surface area contributed by atoms with Gasteiger partial charge in [-0.15, -0.1) is 0 Å². The molecule has 3 aromatic carbocycles. The van der Waals surface area contributed by atoms with Crippen LogP contribution in [-0.4, -0.2) is 5.11 Å². The summed E-state index contributed by atoms with van der Waals surface area (Å²) in [7, 11) is 0. The van der Waals surface area contributed by atoms with Gasteiger partial charge in [0, 0.05) is 21.2 Å². The highest BCUT2D eigenvalue weighted by Gasteiger charge is 2.11. The minimum atomic E-state index is -0.0541. The molecule has 0 amide bonds. The lowest BCUT2D eigenvalue weighted by molar-refractivity contribution is 0.263. The summed E-state index contributed by atoms with van der Waals surface area (Å²) in [5.74, 6) is 0.606. The molecule has 3 nitrogen and oxygen atoms in total. The predicted molar refractivity (Wildman–Crippen MR) is 99.7 cm³/mol. The Morgan fingerprint density at radius 3 is 1.52 bits per heavy atom. The van der Waals surface area contributed by atoms with E-state index < -0.39 is 0 Å². The zero-order chi connectivity index (χ0) is 17.6. The van der Waals surface area contributed by atoms with Gasteiger partial charge in [-0.05, 0) is 24.3 Å². The highest BCUT2D eigenvalue weighted by atomic mass is 35.5. The van der Waals surface area contributed by atoms with E-state index in [0.29, 0.717) is 21.5 Å². The van der Waals surface area contributed by atoms with Crippen LogP contribution in [0.2, 0.25) is 10.0 Å². The van der Waals surface area contributed by atoms with Crippen molar-refractivity contribution in [1.29, 1.82) is 0 Å². The second-order valence-electron chi connectivity index (χ2n) is 5.36. The third-order valence-electron chi connectivity index (χ3n) is 3.64. The Balaban J connectivity index is 1.69. The van der Waals surface area contributed by atoms with E-state index in [4.69, 9.17) is 32.7 Å². The van der Waals surface area contributed by atoms with Crippen molar-refractivity contribution in [3.63, 3.8) is 0 Å². The zero-order valence-corrected chi connectivity index (χ0v) is 14.8. The number of phenols is 1. The fourth-order valence-electron chi connectivity index (χ4n) is 2.28. The van der Waals surface area contributed by atoms with Crippen LogP contribution < -0.4 is 9.47 Å². The van der Waals surface area contributed by atoms with Crippen LogP contribution in [0.4, 0.5) is 0 Å². The van der Waals surface area contributed by atoms with Crippen molar-refractivity contribution in [2.75, 3.05) is 0 Å². The van der Waals surface area contributed by atoms with Crippen molar-refractivity contribution < 1.29 is 14.6 Å². The fraction of sp³-hybridized carbons (Fsp3) is 0.100. The van der Waals surface area contributed by atoms with Crippen molar-refractivity contribution in [2.45, 2.75) is 13.2 Å². The second-order valence-corrected chi connectivity index (χ2v) is 6.18. The average Bonchev–Trinajstić information content (AvgIpc) is 2.62. The lowest BCUT2D eigenvalue weighted by Gasteiger charge is -2.13. The smallest absolute Gasteiger partial charge is 0.200 e. The molecule has 0 aromatic heterocycles. The zero-order valence-electron chi connectivity index (χ0n) is 13.3. The number of ether oxygens (including phenoxy) is 2. The quantitative estimate of drug-likeness (QED) is 0.587. The minimum absolute atomic E-state index is 0.0541. The number of para-hydroxylation sites is 1. The SMILES string of the molecule is Oc1c(OCc2ccccc2Cl)cccc1OCc1ccccc1Cl. The van der Waals surface area contributed by atoms with Crippen LogP contribution in [0.1, 0.15) is 11.1 Å². The molecule has 0 saturated carbocycles. The third kappa shape index (κ3) is 4.38. The maximum Gasteiger partial charge on any atom is 0.200 e. The Kier molecular flexibility index (Phi) is 5.69. The largest absolute Gasteiger partial charge is 0.502 e. The lowest BCUT2D eigenvalue weighted by atomic mass is 10.2. The number of benzene rings is 3. The maximum absolute atomic E-state index is 10.4. The summed E-state index contributed by atoms with van der Waals surface area (Å²) >= 11 is 12.2. The Labute approximate surface area is 156 Å². The summed E-state index contributed by atoms with van der Waals surface area (Å²) in [5.41, 5.74) is 1.68. The minimum Gasteiger partial charge on any atom is -0.502 e. The van der Waals surface area contributed by atoms with Crippen LogP contribution in [0.15, 0.2) is 66.7 Å². The van der Waals surface area contributed by atoms with Crippen molar-refractivity contribution in [2.24, 2.45) is 0 Å². The Morgan fingerprint density at radius 2 is 1.08 bits per heavy atom. The van der Waals surface area contributed by atoms with Crippen LogP contribution in [0, 0.1) is 0 Å². The fourth-order valence-corrected chi connectivity index (χ4v) is 2.66. The molecule has 0 bridgehead atoms. The third-order valence-corrected chi connectivity index (χ3v) is 4.38. The predicted octanol–water partition coefficient (Wildman–Crippen LogP) is 5.86.